The van der Waals surface area contributed by atoms with E-state index in [2.05, 4.69) is 17.6 Å². The van der Waals surface area contributed by atoms with Crippen molar-refractivity contribution in [1.82, 2.24) is 15.5 Å². The average molecular weight is 283 g/mol. The van der Waals surface area contributed by atoms with Crippen molar-refractivity contribution in [2.45, 2.75) is 65.0 Å². The highest BCUT2D eigenvalue weighted by Gasteiger charge is 2.19. The quantitative estimate of drug-likeness (QED) is 0.740. The average Bonchev–Trinajstić information content (AvgIpc) is 2.40. The molecule has 5 nitrogen and oxygen atoms in total. The first-order chi connectivity index (χ1) is 9.56. The minimum absolute atomic E-state index is 0.0800. The molecule has 2 unspecified atom stereocenters. The maximum absolute atomic E-state index is 11.9. The second-order valence-corrected chi connectivity index (χ2v) is 5.56. The summed E-state index contributed by atoms with van der Waals surface area (Å²) in [5.74, 6) is 0.231. The minimum atomic E-state index is 0.0800. The molecule has 2 amide bonds. The van der Waals surface area contributed by atoms with Gasteiger partial charge in [0.05, 0.1) is 0 Å². The summed E-state index contributed by atoms with van der Waals surface area (Å²) in [7, 11) is 0. The highest BCUT2D eigenvalue weighted by Crippen LogP contribution is 2.09. The van der Waals surface area contributed by atoms with Gasteiger partial charge in [-0.05, 0) is 46.6 Å². The lowest BCUT2D eigenvalue weighted by molar-refractivity contribution is -0.131. The van der Waals surface area contributed by atoms with Crippen molar-refractivity contribution in [2.75, 3.05) is 19.6 Å². The Labute approximate surface area is 122 Å². The van der Waals surface area contributed by atoms with Gasteiger partial charge in [-0.25, -0.2) is 0 Å². The Hall–Kier alpha value is -1.10. The molecule has 116 valence electrons. The van der Waals surface area contributed by atoms with Crippen LogP contribution < -0.4 is 10.6 Å². The van der Waals surface area contributed by atoms with Gasteiger partial charge in [-0.1, -0.05) is 0 Å². The van der Waals surface area contributed by atoms with Gasteiger partial charge in [-0.2, -0.15) is 0 Å². The van der Waals surface area contributed by atoms with E-state index in [1.54, 1.807) is 0 Å². The maximum atomic E-state index is 11.9. The Kier molecular flexibility index (Phi) is 7.59. The predicted molar refractivity (Wildman–Crippen MR) is 80.4 cm³/mol. The zero-order valence-corrected chi connectivity index (χ0v) is 13.1. The Morgan fingerprint density at radius 1 is 1.25 bits per heavy atom. The van der Waals surface area contributed by atoms with Gasteiger partial charge >= 0.3 is 0 Å². The van der Waals surface area contributed by atoms with E-state index in [-0.39, 0.29) is 17.9 Å². The first-order valence-electron chi connectivity index (χ1n) is 7.87. The zero-order valence-electron chi connectivity index (χ0n) is 13.1. The van der Waals surface area contributed by atoms with E-state index < -0.39 is 0 Å². The molecule has 0 aliphatic carbocycles. The number of nitrogens with one attached hydrogen (secondary N) is 2. The Bertz CT molecular complexity index is 316. The van der Waals surface area contributed by atoms with Crippen LogP contribution in [-0.4, -0.2) is 48.4 Å². The number of carbonyl (C=O) groups excluding carboxylic acids is 2. The summed E-state index contributed by atoms with van der Waals surface area (Å²) < 4.78 is 0. The van der Waals surface area contributed by atoms with E-state index in [4.69, 9.17) is 0 Å². The van der Waals surface area contributed by atoms with Crippen LogP contribution in [0.4, 0.5) is 0 Å². The maximum Gasteiger partial charge on any atom is 0.222 e. The highest BCUT2D eigenvalue weighted by atomic mass is 16.2. The van der Waals surface area contributed by atoms with E-state index in [1.807, 2.05) is 18.7 Å². The van der Waals surface area contributed by atoms with Crippen molar-refractivity contribution in [3.63, 3.8) is 0 Å². The van der Waals surface area contributed by atoms with Crippen molar-refractivity contribution in [3.05, 3.63) is 0 Å². The summed E-state index contributed by atoms with van der Waals surface area (Å²) in [4.78, 5) is 25.5. The Balaban J connectivity index is 2.18. The zero-order chi connectivity index (χ0) is 15.0. The molecule has 1 saturated heterocycles. The van der Waals surface area contributed by atoms with Crippen LogP contribution in [0.2, 0.25) is 0 Å². The second kappa shape index (κ2) is 8.95. The largest absolute Gasteiger partial charge is 0.353 e. The third-order valence-corrected chi connectivity index (χ3v) is 3.90. The van der Waals surface area contributed by atoms with E-state index in [1.165, 1.54) is 0 Å². The molecule has 0 saturated carbocycles. The summed E-state index contributed by atoms with van der Waals surface area (Å²) in [6, 6.07) is 0.760. The van der Waals surface area contributed by atoms with Crippen molar-refractivity contribution >= 4 is 11.8 Å². The molecule has 2 N–H and O–H groups in total. The number of carbonyl (C=O) groups is 2. The number of rotatable bonds is 7. The molecule has 2 atom stereocenters. The monoisotopic (exact) mass is 283 g/mol. The normalized spacial score (nSPS) is 22.4. The van der Waals surface area contributed by atoms with Gasteiger partial charge in [0, 0.05) is 38.0 Å². The molecule has 1 heterocycles. The topological polar surface area (TPSA) is 61.4 Å². The van der Waals surface area contributed by atoms with E-state index in [9.17, 15) is 9.59 Å². The molecule has 0 spiro atoms. The lowest BCUT2D eigenvalue weighted by Gasteiger charge is -2.28. The summed E-state index contributed by atoms with van der Waals surface area (Å²) >= 11 is 0. The predicted octanol–water partition coefficient (Wildman–Crippen LogP) is 1.28. The Morgan fingerprint density at radius 2 is 1.95 bits per heavy atom. The van der Waals surface area contributed by atoms with Crippen LogP contribution in [0, 0.1) is 0 Å². The van der Waals surface area contributed by atoms with Crippen LogP contribution in [0.5, 0.6) is 0 Å². The second-order valence-electron chi connectivity index (χ2n) is 5.56. The van der Waals surface area contributed by atoms with Crippen LogP contribution in [0.15, 0.2) is 0 Å². The fraction of sp³-hybridized carbons (Fsp3) is 0.867. The summed E-state index contributed by atoms with van der Waals surface area (Å²) in [5, 5.41) is 6.44. The fourth-order valence-corrected chi connectivity index (χ4v) is 2.70. The molecule has 1 aliphatic rings. The van der Waals surface area contributed by atoms with Crippen molar-refractivity contribution in [1.29, 1.82) is 0 Å². The standard InChI is InChI=1S/C15H29N3O2/c1-4-18(5-2)15(20)8-6-7-14(19)17-13-9-10-16-12(3)11-13/h12-13,16H,4-11H2,1-3H3,(H,17,19). The van der Waals surface area contributed by atoms with Crippen LogP contribution >= 0.6 is 0 Å². The minimum Gasteiger partial charge on any atom is -0.353 e. The summed E-state index contributed by atoms with van der Waals surface area (Å²) in [6.07, 6.45) is 3.54. The molecule has 0 aromatic heterocycles. The van der Waals surface area contributed by atoms with Crippen LogP contribution in [0.3, 0.4) is 0 Å². The molecule has 0 aromatic carbocycles. The molecular formula is C15H29N3O2. The lowest BCUT2D eigenvalue weighted by atomic mass is 10.0. The van der Waals surface area contributed by atoms with Gasteiger partial charge in [0.25, 0.3) is 0 Å². The Morgan fingerprint density at radius 3 is 2.55 bits per heavy atom. The van der Waals surface area contributed by atoms with Crippen molar-refractivity contribution < 1.29 is 9.59 Å². The fourth-order valence-electron chi connectivity index (χ4n) is 2.70. The molecule has 5 heteroatoms. The van der Waals surface area contributed by atoms with Crippen LogP contribution in [0.1, 0.15) is 52.9 Å². The third-order valence-electron chi connectivity index (χ3n) is 3.90. The van der Waals surface area contributed by atoms with Crippen LogP contribution in [0.25, 0.3) is 0 Å². The van der Waals surface area contributed by atoms with Gasteiger partial charge in [0.15, 0.2) is 0 Å². The van der Waals surface area contributed by atoms with E-state index in [0.717, 1.165) is 32.5 Å². The first-order valence-corrected chi connectivity index (χ1v) is 7.87. The lowest BCUT2D eigenvalue weighted by Crippen LogP contribution is -2.46. The van der Waals surface area contributed by atoms with Gasteiger partial charge in [0.1, 0.15) is 0 Å². The highest BCUT2D eigenvalue weighted by molar-refractivity contribution is 5.79. The number of hydrogen-bond donors (Lipinski definition) is 2. The number of hydrogen-bond acceptors (Lipinski definition) is 3. The third kappa shape index (κ3) is 5.90. The molecule has 1 rings (SSSR count). The van der Waals surface area contributed by atoms with Gasteiger partial charge < -0.3 is 15.5 Å². The summed E-state index contributed by atoms with van der Waals surface area (Å²) in [5.41, 5.74) is 0. The van der Waals surface area contributed by atoms with Gasteiger partial charge in [-0.15, -0.1) is 0 Å². The smallest absolute Gasteiger partial charge is 0.222 e. The van der Waals surface area contributed by atoms with E-state index in [0.29, 0.717) is 25.3 Å². The van der Waals surface area contributed by atoms with Crippen molar-refractivity contribution in [2.24, 2.45) is 0 Å². The number of nitrogens with zero attached hydrogens (tertiary/aromatic N) is 1. The summed E-state index contributed by atoms with van der Waals surface area (Å²) in [6.45, 7) is 8.55. The van der Waals surface area contributed by atoms with Gasteiger partial charge in [-0.3, -0.25) is 9.59 Å². The molecule has 1 fully saturated rings. The molecular weight excluding hydrogens is 254 g/mol. The number of piperidine rings is 1. The first kappa shape index (κ1) is 17.0. The van der Waals surface area contributed by atoms with Gasteiger partial charge in [0.2, 0.25) is 11.8 Å². The molecule has 20 heavy (non-hydrogen) atoms. The van der Waals surface area contributed by atoms with Crippen LogP contribution in [-0.2, 0) is 9.59 Å². The molecule has 0 aromatic rings. The molecule has 0 bridgehead atoms. The van der Waals surface area contributed by atoms with E-state index >= 15 is 0 Å². The van der Waals surface area contributed by atoms with Crippen molar-refractivity contribution in [3.8, 4) is 0 Å². The molecule has 0 radical (unpaired) electrons. The SMILES string of the molecule is CCN(CC)C(=O)CCCC(=O)NC1CCNC(C)C1. The number of amides is 2. The molecule has 1 aliphatic heterocycles.